The van der Waals surface area contributed by atoms with Crippen molar-refractivity contribution in [3.05, 3.63) is 40.9 Å². The molecule has 1 aromatic carbocycles. The molecule has 2 N–H and O–H groups in total. The van der Waals surface area contributed by atoms with E-state index in [0.29, 0.717) is 10.8 Å². The van der Waals surface area contributed by atoms with Crippen molar-refractivity contribution in [3.63, 3.8) is 0 Å². The molecule has 22 heavy (non-hydrogen) atoms. The Morgan fingerprint density at radius 1 is 1.36 bits per heavy atom. The molecule has 1 atom stereocenters. The molecule has 0 bridgehead atoms. The van der Waals surface area contributed by atoms with Crippen LogP contribution in [0.25, 0.3) is 5.69 Å². The zero-order chi connectivity index (χ0) is 16.3. The van der Waals surface area contributed by atoms with E-state index >= 15 is 0 Å². The molecule has 0 fully saturated rings. The Bertz CT molecular complexity index is 652. The van der Waals surface area contributed by atoms with Crippen molar-refractivity contribution in [1.29, 1.82) is 0 Å². The number of amides is 1. The number of aryl methyl sites for hydroxylation is 1. The Morgan fingerprint density at radius 2 is 2.00 bits per heavy atom. The van der Waals surface area contributed by atoms with Gasteiger partial charge in [0.2, 0.25) is 5.82 Å². The average molecular weight is 323 g/mol. The lowest BCUT2D eigenvalue weighted by atomic mass is 10.1. The van der Waals surface area contributed by atoms with Gasteiger partial charge in [0.05, 0.1) is 11.8 Å². The monoisotopic (exact) mass is 322 g/mol. The van der Waals surface area contributed by atoms with Gasteiger partial charge in [-0.1, -0.05) is 25.4 Å². The Labute approximate surface area is 134 Å². The number of halogens is 1. The lowest BCUT2D eigenvalue weighted by Gasteiger charge is -2.14. The van der Waals surface area contributed by atoms with Gasteiger partial charge in [-0.05, 0) is 37.1 Å². The molecular formula is C15H19ClN4O2. The largest absolute Gasteiger partial charge is 0.391 e. The second-order valence-electron chi connectivity index (χ2n) is 5.39. The number of carbonyl (C=O) groups is 1. The highest BCUT2D eigenvalue weighted by Gasteiger charge is 2.17. The quantitative estimate of drug-likeness (QED) is 0.882. The van der Waals surface area contributed by atoms with Gasteiger partial charge >= 0.3 is 0 Å². The van der Waals surface area contributed by atoms with Crippen LogP contribution in [-0.2, 0) is 0 Å². The summed E-state index contributed by atoms with van der Waals surface area (Å²) in [5, 5.41) is 17.2. The molecule has 1 heterocycles. The minimum Gasteiger partial charge on any atom is -0.391 e. The van der Waals surface area contributed by atoms with Crippen molar-refractivity contribution in [1.82, 2.24) is 20.1 Å². The van der Waals surface area contributed by atoms with Crippen LogP contribution in [0.2, 0.25) is 5.02 Å². The van der Waals surface area contributed by atoms with E-state index in [9.17, 15) is 9.90 Å². The summed E-state index contributed by atoms with van der Waals surface area (Å²) < 4.78 is 1.57. The zero-order valence-corrected chi connectivity index (χ0v) is 13.5. The zero-order valence-electron chi connectivity index (χ0n) is 12.7. The molecule has 0 aliphatic rings. The number of rotatable bonds is 5. The fraction of sp³-hybridized carbons (Fsp3) is 0.400. The molecule has 1 unspecified atom stereocenters. The fourth-order valence-corrected chi connectivity index (χ4v) is 1.95. The van der Waals surface area contributed by atoms with Crippen molar-refractivity contribution in [3.8, 4) is 5.69 Å². The van der Waals surface area contributed by atoms with Crippen molar-refractivity contribution in [2.75, 3.05) is 6.54 Å². The number of aliphatic hydroxyl groups excluding tert-OH is 1. The van der Waals surface area contributed by atoms with Crippen LogP contribution in [0, 0.1) is 12.8 Å². The third-order valence-electron chi connectivity index (χ3n) is 3.28. The van der Waals surface area contributed by atoms with Crippen LogP contribution in [0.5, 0.6) is 0 Å². The van der Waals surface area contributed by atoms with Gasteiger partial charge in [0.1, 0.15) is 5.82 Å². The van der Waals surface area contributed by atoms with Crippen LogP contribution in [0.1, 0.15) is 30.3 Å². The molecule has 1 amide bonds. The standard InChI is InChI=1S/C15H19ClN4O2/c1-9(2)13(21)8-17-15(22)14-18-10(3)20(19-14)12-6-4-11(16)5-7-12/h4-7,9,13,21H,8H2,1-3H3,(H,17,22). The van der Waals surface area contributed by atoms with Crippen molar-refractivity contribution in [2.45, 2.75) is 26.9 Å². The highest BCUT2D eigenvalue weighted by atomic mass is 35.5. The summed E-state index contributed by atoms with van der Waals surface area (Å²) in [5.41, 5.74) is 0.774. The summed E-state index contributed by atoms with van der Waals surface area (Å²) in [5.74, 6) is 0.331. The van der Waals surface area contributed by atoms with Gasteiger partial charge in [-0.25, -0.2) is 9.67 Å². The molecule has 0 spiro atoms. The summed E-state index contributed by atoms with van der Waals surface area (Å²) in [6.45, 7) is 5.70. The second kappa shape index (κ2) is 6.89. The number of aliphatic hydroxyl groups is 1. The molecule has 0 aliphatic heterocycles. The number of benzene rings is 1. The van der Waals surface area contributed by atoms with E-state index in [-0.39, 0.29) is 18.3 Å². The smallest absolute Gasteiger partial charge is 0.291 e. The maximum Gasteiger partial charge on any atom is 0.291 e. The van der Waals surface area contributed by atoms with Gasteiger partial charge < -0.3 is 10.4 Å². The van der Waals surface area contributed by atoms with Gasteiger partial charge in [0, 0.05) is 11.6 Å². The average Bonchev–Trinajstić information content (AvgIpc) is 2.87. The number of hydrogen-bond acceptors (Lipinski definition) is 4. The number of nitrogens with one attached hydrogen (secondary N) is 1. The van der Waals surface area contributed by atoms with E-state index in [1.807, 2.05) is 13.8 Å². The Kier molecular flexibility index (Phi) is 5.15. The highest BCUT2D eigenvalue weighted by molar-refractivity contribution is 6.30. The summed E-state index contributed by atoms with van der Waals surface area (Å²) in [6.07, 6.45) is -0.594. The van der Waals surface area contributed by atoms with E-state index in [4.69, 9.17) is 11.6 Å². The predicted molar refractivity (Wildman–Crippen MR) is 84.3 cm³/mol. The first-order chi connectivity index (χ1) is 10.4. The lowest BCUT2D eigenvalue weighted by molar-refractivity contribution is 0.0862. The SMILES string of the molecule is Cc1nc(C(=O)NCC(O)C(C)C)nn1-c1ccc(Cl)cc1. The summed E-state index contributed by atoms with van der Waals surface area (Å²) >= 11 is 5.86. The number of hydrogen-bond donors (Lipinski definition) is 2. The van der Waals surface area contributed by atoms with E-state index in [2.05, 4.69) is 15.4 Å². The molecule has 0 aliphatic carbocycles. The first-order valence-electron chi connectivity index (χ1n) is 7.04. The van der Waals surface area contributed by atoms with Gasteiger partial charge in [-0.15, -0.1) is 5.10 Å². The molecule has 7 heteroatoms. The first kappa shape index (κ1) is 16.5. The molecular weight excluding hydrogens is 304 g/mol. The molecule has 6 nitrogen and oxygen atoms in total. The Hall–Kier alpha value is -1.92. The molecule has 118 valence electrons. The van der Waals surface area contributed by atoms with Gasteiger partial charge in [-0.3, -0.25) is 4.79 Å². The molecule has 1 aromatic heterocycles. The molecule has 0 saturated carbocycles. The predicted octanol–water partition coefficient (Wildman–Crippen LogP) is 1.98. The fourth-order valence-electron chi connectivity index (χ4n) is 1.83. The first-order valence-corrected chi connectivity index (χ1v) is 7.42. The normalized spacial score (nSPS) is 12.5. The maximum absolute atomic E-state index is 12.0. The van der Waals surface area contributed by atoms with Gasteiger partial charge in [-0.2, -0.15) is 0 Å². The van der Waals surface area contributed by atoms with Gasteiger partial charge in [0.25, 0.3) is 5.91 Å². The highest BCUT2D eigenvalue weighted by Crippen LogP contribution is 2.14. The van der Waals surface area contributed by atoms with Crippen molar-refractivity contribution >= 4 is 17.5 Å². The van der Waals surface area contributed by atoms with Crippen LogP contribution < -0.4 is 5.32 Å². The van der Waals surface area contributed by atoms with Crippen LogP contribution in [-0.4, -0.2) is 38.4 Å². The topological polar surface area (TPSA) is 80.0 Å². The van der Waals surface area contributed by atoms with Gasteiger partial charge in [0.15, 0.2) is 0 Å². The number of nitrogens with zero attached hydrogens (tertiary/aromatic N) is 3. The Morgan fingerprint density at radius 3 is 2.59 bits per heavy atom. The minimum absolute atomic E-state index is 0.0709. The van der Waals surface area contributed by atoms with Crippen molar-refractivity contribution < 1.29 is 9.90 Å². The molecule has 0 radical (unpaired) electrons. The molecule has 0 saturated heterocycles. The number of carbonyl (C=O) groups excluding carboxylic acids is 1. The van der Waals surface area contributed by atoms with Crippen LogP contribution in [0.3, 0.4) is 0 Å². The second-order valence-corrected chi connectivity index (χ2v) is 5.83. The summed E-state index contributed by atoms with van der Waals surface area (Å²) in [4.78, 5) is 16.2. The molecule has 2 aromatic rings. The van der Waals surface area contributed by atoms with Crippen LogP contribution >= 0.6 is 11.6 Å². The third-order valence-corrected chi connectivity index (χ3v) is 3.54. The Balaban J connectivity index is 2.12. The van der Waals surface area contributed by atoms with E-state index in [0.717, 1.165) is 5.69 Å². The van der Waals surface area contributed by atoms with E-state index < -0.39 is 12.0 Å². The van der Waals surface area contributed by atoms with Crippen molar-refractivity contribution in [2.24, 2.45) is 5.92 Å². The van der Waals surface area contributed by atoms with E-state index in [1.165, 1.54) is 0 Å². The minimum atomic E-state index is -0.594. The van der Waals surface area contributed by atoms with Crippen LogP contribution in [0.4, 0.5) is 0 Å². The van der Waals surface area contributed by atoms with E-state index in [1.54, 1.807) is 35.9 Å². The lowest BCUT2D eigenvalue weighted by Crippen LogP contribution is -2.35. The third kappa shape index (κ3) is 3.84. The summed E-state index contributed by atoms with van der Waals surface area (Å²) in [6, 6.07) is 7.09. The molecule has 2 rings (SSSR count). The maximum atomic E-state index is 12.0. The summed E-state index contributed by atoms with van der Waals surface area (Å²) in [7, 11) is 0. The van der Waals surface area contributed by atoms with Crippen LogP contribution in [0.15, 0.2) is 24.3 Å². The number of aromatic nitrogens is 3.